The standard InChI is InChI=1S/C9H8Cl2N2O2S/c1-2-3-4-13-16(14,15)7-5-8(10)9(11)12-6-7/h1,5-6,13H,3-4H2. The fraction of sp³-hybridized carbons (Fsp3) is 0.222. The molecule has 16 heavy (non-hydrogen) atoms. The first kappa shape index (κ1) is 13.3. The molecule has 86 valence electrons. The van der Waals surface area contributed by atoms with E-state index in [1.54, 1.807) is 0 Å². The molecule has 0 aliphatic rings. The maximum absolute atomic E-state index is 11.6. The maximum Gasteiger partial charge on any atom is 0.242 e. The summed E-state index contributed by atoms with van der Waals surface area (Å²) in [7, 11) is -3.62. The second kappa shape index (κ2) is 5.51. The van der Waals surface area contributed by atoms with Crippen molar-refractivity contribution >= 4 is 33.2 Å². The van der Waals surface area contributed by atoms with Gasteiger partial charge in [-0.3, -0.25) is 0 Å². The summed E-state index contributed by atoms with van der Waals surface area (Å²) in [4.78, 5) is 3.60. The Morgan fingerprint density at radius 3 is 2.75 bits per heavy atom. The van der Waals surface area contributed by atoms with E-state index in [1.165, 1.54) is 6.07 Å². The van der Waals surface area contributed by atoms with Gasteiger partial charge in [-0.25, -0.2) is 18.1 Å². The van der Waals surface area contributed by atoms with Crippen LogP contribution in [0.25, 0.3) is 0 Å². The topological polar surface area (TPSA) is 59.1 Å². The quantitative estimate of drug-likeness (QED) is 0.518. The van der Waals surface area contributed by atoms with Gasteiger partial charge in [-0.15, -0.1) is 12.3 Å². The van der Waals surface area contributed by atoms with E-state index in [4.69, 9.17) is 29.6 Å². The molecular weight excluding hydrogens is 271 g/mol. The average Bonchev–Trinajstić information content (AvgIpc) is 2.22. The van der Waals surface area contributed by atoms with Crippen LogP contribution < -0.4 is 4.72 Å². The molecule has 0 fully saturated rings. The molecule has 1 aromatic heterocycles. The summed E-state index contributed by atoms with van der Waals surface area (Å²) in [6.45, 7) is 0.166. The summed E-state index contributed by atoms with van der Waals surface area (Å²) in [5.41, 5.74) is 0. The van der Waals surface area contributed by atoms with Crippen LogP contribution in [0.15, 0.2) is 17.2 Å². The van der Waals surface area contributed by atoms with E-state index in [2.05, 4.69) is 15.6 Å². The third-order valence-corrected chi connectivity index (χ3v) is 3.76. The lowest BCUT2D eigenvalue weighted by atomic mass is 10.5. The lowest BCUT2D eigenvalue weighted by molar-refractivity contribution is 0.582. The van der Waals surface area contributed by atoms with Crippen molar-refractivity contribution in [3.05, 3.63) is 22.4 Å². The first-order valence-electron chi connectivity index (χ1n) is 4.21. The number of hydrogen-bond donors (Lipinski definition) is 1. The van der Waals surface area contributed by atoms with Crippen LogP contribution in [0, 0.1) is 12.3 Å². The molecule has 0 atom stereocenters. The Morgan fingerprint density at radius 2 is 2.19 bits per heavy atom. The van der Waals surface area contributed by atoms with Crippen molar-refractivity contribution in [2.24, 2.45) is 0 Å². The number of rotatable bonds is 4. The van der Waals surface area contributed by atoms with Crippen molar-refractivity contribution in [2.75, 3.05) is 6.54 Å². The minimum atomic E-state index is -3.62. The van der Waals surface area contributed by atoms with E-state index in [0.29, 0.717) is 6.42 Å². The molecule has 1 heterocycles. The summed E-state index contributed by atoms with van der Waals surface area (Å²) in [6, 6.07) is 1.23. The number of hydrogen-bond acceptors (Lipinski definition) is 3. The largest absolute Gasteiger partial charge is 0.242 e. The molecule has 4 nitrogen and oxygen atoms in total. The van der Waals surface area contributed by atoms with Crippen molar-refractivity contribution in [3.8, 4) is 12.3 Å². The van der Waals surface area contributed by atoms with Gasteiger partial charge >= 0.3 is 0 Å². The van der Waals surface area contributed by atoms with E-state index >= 15 is 0 Å². The zero-order valence-corrected chi connectivity index (χ0v) is 10.4. The van der Waals surface area contributed by atoms with E-state index in [0.717, 1.165) is 6.20 Å². The molecule has 7 heteroatoms. The van der Waals surface area contributed by atoms with Crippen LogP contribution in [-0.2, 0) is 10.0 Å². The van der Waals surface area contributed by atoms with Gasteiger partial charge in [0.2, 0.25) is 10.0 Å². The smallest absolute Gasteiger partial charge is 0.242 e. The van der Waals surface area contributed by atoms with Crippen molar-refractivity contribution in [1.29, 1.82) is 0 Å². The van der Waals surface area contributed by atoms with Crippen molar-refractivity contribution in [2.45, 2.75) is 11.3 Å². The second-order valence-corrected chi connectivity index (χ2v) is 5.33. The molecule has 0 aliphatic heterocycles. The molecule has 1 rings (SSSR count). The van der Waals surface area contributed by atoms with Gasteiger partial charge in [0.05, 0.1) is 5.02 Å². The minimum Gasteiger partial charge on any atom is -0.242 e. The van der Waals surface area contributed by atoms with Crippen molar-refractivity contribution in [3.63, 3.8) is 0 Å². The highest BCUT2D eigenvalue weighted by molar-refractivity contribution is 7.89. The Balaban J connectivity index is 2.91. The van der Waals surface area contributed by atoms with Gasteiger partial charge < -0.3 is 0 Å². The Kier molecular flexibility index (Phi) is 4.56. The third-order valence-electron chi connectivity index (χ3n) is 1.64. The van der Waals surface area contributed by atoms with Gasteiger partial charge in [0.15, 0.2) is 0 Å². The summed E-state index contributed by atoms with van der Waals surface area (Å²) < 4.78 is 25.6. The van der Waals surface area contributed by atoms with Gasteiger partial charge in [0, 0.05) is 19.2 Å². The fourth-order valence-corrected chi connectivity index (χ4v) is 2.23. The fourth-order valence-electron chi connectivity index (χ4n) is 0.892. The van der Waals surface area contributed by atoms with Crippen molar-refractivity contribution < 1.29 is 8.42 Å². The summed E-state index contributed by atoms with van der Waals surface area (Å²) in [5.74, 6) is 2.32. The molecule has 1 aromatic rings. The van der Waals surface area contributed by atoms with Crippen LogP contribution >= 0.6 is 23.2 Å². The van der Waals surface area contributed by atoms with Gasteiger partial charge in [-0.05, 0) is 6.07 Å². The van der Waals surface area contributed by atoms with Crippen LogP contribution in [0.4, 0.5) is 0 Å². The van der Waals surface area contributed by atoms with Gasteiger partial charge in [0.25, 0.3) is 0 Å². The van der Waals surface area contributed by atoms with Crippen LogP contribution in [-0.4, -0.2) is 19.9 Å². The van der Waals surface area contributed by atoms with Crippen LogP contribution in [0.5, 0.6) is 0 Å². The molecule has 0 radical (unpaired) electrons. The first-order chi connectivity index (χ1) is 7.47. The van der Waals surface area contributed by atoms with Crippen LogP contribution in [0.3, 0.4) is 0 Å². The van der Waals surface area contributed by atoms with Crippen LogP contribution in [0.1, 0.15) is 6.42 Å². The Morgan fingerprint density at radius 1 is 1.50 bits per heavy atom. The Labute approximate surface area is 104 Å². The molecule has 0 amide bonds. The number of terminal acetylenes is 1. The molecule has 0 unspecified atom stereocenters. The number of sulfonamides is 1. The van der Waals surface area contributed by atoms with E-state index < -0.39 is 10.0 Å². The zero-order valence-electron chi connectivity index (χ0n) is 8.07. The molecule has 0 aromatic carbocycles. The first-order valence-corrected chi connectivity index (χ1v) is 6.45. The number of nitrogens with one attached hydrogen (secondary N) is 1. The van der Waals surface area contributed by atoms with E-state index in [9.17, 15) is 8.42 Å². The Hall–Kier alpha value is -0.800. The molecule has 0 spiro atoms. The molecule has 0 aliphatic carbocycles. The Bertz CT molecular complexity index is 523. The van der Waals surface area contributed by atoms with Crippen LogP contribution in [0.2, 0.25) is 10.2 Å². The van der Waals surface area contributed by atoms with Gasteiger partial charge in [-0.2, -0.15) is 0 Å². The van der Waals surface area contributed by atoms with Gasteiger partial charge in [-0.1, -0.05) is 23.2 Å². The lowest BCUT2D eigenvalue weighted by Crippen LogP contribution is -2.24. The summed E-state index contributed by atoms with van der Waals surface area (Å²) in [5, 5.41) is 0.144. The minimum absolute atomic E-state index is 0.0427. The number of nitrogens with zero attached hydrogens (tertiary/aromatic N) is 1. The highest BCUT2D eigenvalue weighted by Gasteiger charge is 2.15. The SMILES string of the molecule is C#CCCNS(=O)(=O)c1cnc(Cl)c(Cl)c1. The number of aromatic nitrogens is 1. The monoisotopic (exact) mass is 278 g/mol. The summed E-state index contributed by atoms with van der Waals surface area (Å²) in [6.07, 6.45) is 6.45. The molecule has 0 saturated heterocycles. The van der Waals surface area contributed by atoms with Crippen molar-refractivity contribution in [1.82, 2.24) is 9.71 Å². The highest BCUT2D eigenvalue weighted by atomic mass is 35.5. The molecule has 0 saturated carbocycles. The molecule has 1 N–H and O–H groups in total. The number of halogens is 2. The second-order valence-electron chi connectivity index (χ2n) is 2.80. The zero-order chi connectivity index (χ0) is 12.2. The predicted molar refractivity (Wildman–Crippen MR) is 62.9 cm³/mol. The van der Waals surface area contributed by atoms with E-state index in [-0.39, 0.29) is 21.6 Å². The lowest BCUT2D eigenvalue weighted by Gasteiger charge is -2.05. The third kappa shape index (κ3) is 3.35. The highest BCUT2D eigenvalue weighted by Crippen LogP contribution is 2.21. The average molecular weight is 279 g/mol. The summed E-state index contributed by atoms with van der Waals surface area (Å²) >= 11 is 11.2. The normalized spacial score (nSPS) is 11.1. The molecular formula is C9H8Cl2N2O2S. The van der Waals surface area contributed by atoms with Gasteiger partial charge in [0.1, 0.15) is 10.0 Å². The maximum atomic E-state index is 11.6. The predicted octanol–water partition coefficient (Wildman–Crippen LogP) is 1.69. The number of pyridine rings is 1. The van der Waals surface area contributed by atoms with E-state index in [1.807, 2.05) is 0 Å². The molecule has 0 bridgehead atoms.